The van der Waals surface area contributed by atoms with E-state index < -0.39 is 0 Å². The number of hydrogen-bond donors (Lipinski definition) is 0. The van der Waals surface area contributed by atoms with Gasteiger partial charge in [-0.05, 0) is 0 Å². The van der Waals surface area contributed by atoms with Crippen LogP contribution in [-0.2, 0) is 19.1 Å². The Kier molecular flexibility index (Phi) is 6.58. The molecule has 0 aliphatic heterocycles. The summed E-state index contributed by atoms with van der Waals surface area (Å²) in [5.41, 5.74) is 0. The lowest BCUT2D eigenvalue weighted by Crippen LogP contribution is -2.20. The average molecular weight is 253 g/mol. The summed E-state index contributed by atoms with van der Waals surface area (Å²) in [5, 5.41) is 0.549. The molecule has 0 saturated heterocycles. The lowest BCUT2D eigenvalue weighted by Gasteiger charge is -2.13. The van der Waals surface area contributed by atoms with E-state index in [1.54, 1.807) is 0 Å². The molecule has 0 aromatic heterocycles. The van der Waals surface area contributed by atoms with Crippen LogP contribution in [-0.4, -0.2) is 30.0 Å². The zero-order valence-corrected chi connectivity index (χ0v) is 9.30. The predicted molar refractivity (Wildman–Crippen MR) is 50.6 cm³/mol. The highest BCUT2D eigenvalue weighted by molar-refractivity contribution is 9.09. The van der Waals surface area contributed by atoms with Crippen LogP contribution >= 0.6 is 15.9 Å². The third-order valence-corrected chi connectivity index (χ3v) is 1.97. The van der Waals surface area contributed by atoms with E-state index in [4.69, 9.17) is 9.47 Å². The topological polar surface area (TPSA) is 52.6 Å². The summed E-state index contributed by atoms with van der Waals surface area (Å²) in [5.74, 6) is -0.650. The fourth-order valence-electron chi connectivity index (χ4n) is 0.736. The number of ether oxygens (including phenoxy) is 2. The van der Waals surface area contributed by atoms with Crippen molar-refractivity contribution >= 4 is 27.9 Å². The Balaban J connectivity index is 3.59. The highest BCUT2D eigenvalue weighted by atomic mass is 79.9. The van der Waals surface area contributed by atoms with Gasteiger partial charge >= 0.3 is 11.9 Å². The fraction of sp³-hybridized carbons (Fsp3) is 0.750. The van der Waals surface area contributed by atoms with E-state index in [9.17, 15) is 9.59 Å². The number of alkyl halides is 1. The Labute approximate surface area is 85.7 Å². The van der Waals surface area contributed by atoms with Crippen molar-refractivity contribution in [1.29, 1.82) is 0 Å². The first-order valence-corrected chi connectivity index (χ1v) is 5.05. The van der Waals surface area contributed by atoms with Crippen molar-refractivity contribution in [1.82, 2.24) is 0 Å². The van der Waals surface area contributed by atoms with Gasteiger partial charge in [-0.2, -0.15) is 0 Å². The molecule has 0 aromatic rings. The van der Waals surface area contributed by atoms with E-state index in [1.807, 2.05) is 0 Å². The highest BCUT2D eigenvalue weighted by Gasteiger charge is 2.10. The monoisotopic (exact) mass is 252 g/mol. The molecule has 0 aromatic carbocycles. The van der Waals surface area contributed by atoms with Gasteiger partial charge in [-0.3, -0.25) is 9.59 Å². The van der Waals surface area contributed by atoms with Crippen LogP contribution in [0, 0.1) is 0 Å². The molecule has 0 saturated carbocycles. The minimum absolute atomic E-state index is 0.225. The molecule has 0 heterocycles. The summed E-state index contributed by atoms with van der Waals surface area (Å²) in [6, 6.07) is 0. The first-order valence-electron chi connectivity index (χ1n) is 3.92. The summed E-state index contributed by atoms with van der Waals surface area (Å²) in [6.45, 7) is 2.97. The van der Waals surface area contributed by atoms with Gasteiger partial charge in [0.05, 0.1) is 6.61 Å². The molecule has 0 aliphatic carbocycles. The van der Waals surface area contributed by atoms with Gasteiger partial charge in [-0.15, -0.1) is 0 Å². The highest BCUT2D eigenvalue weighted by Crippen LogP contribution is 2.03. The van der Waals surface area contributed by atoms with E-state index in [-0.39, 0.29) is 24.6 Å². The van der Waals surface area contributed by atoms with Gasteiger partial charge in [-0.1, -0.05) is 15.9 Å². The molecule has 0 aliphatic rings. The molecule has 0 bridgehead atoms. The third-order valence-electron chi connectivity index (χ3n) is 1.25. The number of carbonyl (C=O) groups excluding carboxylic acids is 2. The van der Waals surface area contributed by atoms with Gasteiger partial charge in [0.25, 0.3) is 0 Å². The number of rotatable bonds is 5. The average Bonchev–Trinajstić information content (AvgIpc) is 2.01. The van der Waals surface area contributed by atoms with Gasteiger partial charge in [0.2, 0.25) is 0 Å². The van der Waals surface area contributed by atoms with E-state index in [1.165, 1.54) is 13.8 Å². The quantitative estimate of drug-likeness (QED) is 0.546. The molecule has 13 heavy (non-hydrogen) atoms. The van der Waals surface area contributed by atoms with Crippen molar-refractivity contribution in [2.24, 2.45) is 0 Å². The second kappa shape index (κ2) is 6.88. The van der Waals surface area contributed by atoms with E-state index in [0.717, 1.165) is 0 Å². The van der Waals surface area contributed by atoms with E-state index >= 15 is 0 Å². The van der Waals surface area contributed by atoms with E-state index in [2.05, 4.69) is 15.9 Å². The normalized spacial score (nSPS) is 11.9. The number of halogens is 1. The molecule has 4 nitrogen and oxygen atoms in total. The molecular weight excluding hydrogens is 240 g/mol. The van der Waals surface area contributed by atoms with Crippen molar-refractivity contribution in [3.63, 3.8) is 0 Å². The third kappa shape index (κ3) is 7.77. The molecule has 1 atom stereocenters. The largest absolute Gasteiger partial charge is 0.466 e. The van der Waals surface area contributed by atoms with E-state index in [0.29, 0.717) is 11.8 Å². The Morgan fingerprint density at radius 2 is 1.92 bits per heavy atom. The summed E-state index contributed by atoms with van der Waals surface area (Å²) in [7, 11) is 0. The van der Waals surface area contributed by atoms with Gasteiger partial charge in [-0.25, -0.2) is 0 Å². The fourth-order valence-corrected chi connectivity index (χ4v) is 1.19. The maximum absolute atomic E-state index is 10.6. The van der Waals surface area contributed by atoms with Gasteiger partial charge < -0.3 is 9.47 Å². The number of carbonyl (C=O) groups is 2. The van der Waals surface area contributed by atoms with Crippen molar-refractivity contribution in [2.75, 3.05) is 11.9 Å². The van der Waals surface area contributed by atoms with Crippen LogP contribution in [0.1, 0.15) is 20.3 Å². The lowest BCUT2D eigenvalue weighted by atomic mass is 10.3. The van der Waals surface area contributed by atoms with Crippen molar-refractivity contribution in [3.8, 4) is 0 Å². The number of hydrogen-bond acceptors (Lipinski definition) is 4. The molecule has 0 amide bonds. The molecule has 0 unspecified atom stereocenters. The summed E-state index contributed by atoms with van der Waals surface area (Å²) in [4.78, 5) is 21.0. The molecule has 0 spiro atoms. The molecule has 0 radical (unpaired) electrons. The van der Waals surface area contributed by atoms with Crippen molar-refractivity contribution in [2.45, 2.75) is 26.4 Å². The Morgan fingerprint density at radius 3 is 2.31 bits per heavy atom. The van der Waals surface area contributed by atoms with Crippen molar-refractivity contribution in [3.05, 3.63) is 0 Å². The van der Waals surface area contributed by atoms with Gasteiger partial charge in [0.15, 0.2) is 0 Å². The maximum atomic E-state index is 10.6. The lowest BCUT2D eigenvalue weighted by molar-refractivity contribution is -0.147. The molecule has 0 rings (SSSR count). The summed E-state index contributed by atoms with van der Waals surface area (Å²) >= 11 is 3.19. The zero-order valence-electron chi connectivity index (χ0n) is 7.71. The van der Waals surface area contributed by atoms with Crippen LogP contribution in [0.25, 0.3) is 0 Å². The van der Waals surface area contributed by atoms with Crippen molar-refractivity contribution < 1.29 is 19.1 Å². The molecular formula is C8H13BrO4. The minimum atomic E-state index is -0.327. The zero-order chi connectivity index (χ0) is 10.3. The first-order chi connectivity index (χ1) is 6.06. The van der Waals surface area contributed by atoms with Crippen LogP contribution in [0.5, 0.6) is 0 Å². The molecule has 0 fully saturated rings. The van der Waals surface area contributed by atoms with Crippen LogP contribution in [0.15, 0.2) is 0 Å². The second-order valence-electron chi connectivity index (χ2n) is 2.51. The maximum Gasteiger partial charge on any atom is 0.302 e. The Bertz CT molecular complexity index is 181. The summed E-state index contributed by atoms with van der Waals surface area (Å²) in [6.07, 6.45) is 0.293. The smallest absolute Gasteiger partial charge is 0.302 e. The number of esters is 2. The first kappa shape index (κ1) is 12.4. The molecule has 5 heteroatoms. The SMILES string of the molecule is CC(=O)OCC[C@@H](CBr)OC(C)=O. The summed E-state index contributed by atoms with van der Waals surface area (Å²) < 4.78 is 9.61. The standard InChI is InChI=1S/C8H13BrO4/c1-6(10)12-4-3-8(5-9)13-7(2)11/h8H,3-5H2,1-2H3/t8-/m0/s1. The van der Waals surface area contributed by atoms with Crippen LogP contribution in [0.3, 0.4) is 0 Å². The van der Waals surface area contributed by atoms with Crippen LogP contribution in [0.4, 0.5) is 0 Å². The van der Waals surface area contributed by atoms with Crippen LogP contribution in [0.2, 0.25) is 0 Å². The van der Waals surface area contributed by atoms with Crippen LogP contribution < -0.4 is 0 Å². The predicted octanol–water partition coefficient (Wildman–Crippen LogP) is 1.27. The molecule has 76 valence electrons. The Hall–Kier alpha value is -0.580. The van der Waals surface area contributed by atoms with Gasteiger partial charge in [0, 0.05) is 25.6 Å². The second-order valence-corrected chi connectivity index (χ2v) is 3.16. The Morgan fingerprint density at radius 1 is 1.31 bits per heavy atom. The molecule has 0 N–H and O–H groups in total. The minimum Gasteiger partial charge on any atom is -0.466 e. The van der Waals surface area contributed by atoms with Gasteiger partial charge in [0.1, 0.15) is 6.10 Å².